The van der Waals surface area contributed by atoms with Crippen LogP contribution in [-0.4, -0.2) is 17.6 Å². The highest BCUT2D eigenvalue weighted by atomic mass is 19.4. The molecule has 1 heterocycles. The van der Waals surface area contributed by atoms with E-state index in [2.05, 4.69) is 4.74 Å². The smallest absolute Gasteiger partial charge is 0.417 e. The Morgan fingerprint density at radius 1 is 1.33 bits per heavy atom. The third kappa shape index (κ3) is 1.83. The number of carbonyl (C=O) groups is 1. The van der Waals surface area contributed by atoms with Crippen molar-refractivity contribution < 1.29 is 22.7 Å². The number of halogens is 3. The number of hydrogen-bond acceptors (Lipinski definition) is 2. The number of methoxy groups -OCH3 is 1. The van der Waals surface area contributed by atoms with Gasteiger partial charge in [0, 0.05) is 18.0 Å². The molecule has 0 amide bonds. The van der Waals surface area contributed by atoms with Gasteiger partial charge in [-0.25, -0.2) is 4.79 Å². The predicted molar refractivity (Wildman–Crippen MR) is 59.3 cm³/mol. The molecule has 0 spiro atoms. The predicted octanol–water partition coefficient (Wildman–Crippen LogP) is 2.98. The number of fused-ring (bicyclic) bond motifs is 1. The van der Waals surface area contributed by atoms with Crippen molar-refractivity contribution in [2.75, 3.05) is 7.11 Å². The van der Waals surface area contributed by atoms with Gasteiger partial charge in [0.1, 0.15) is 5.69 Å². The molecule has 0 saturated heterocycles. The minimum absolute atomic E-state index is 0.00657. The van der Waals surface area contributed by atoms with E-state index >= 15 is 0 Å². The van der Waals surface area contributed by atoms with Gasteiger partial charge in [0.2, 0.25) is 0 Å². The zero-order valence-electron chi connectivity index (χ0n) is 9.71. The Hall–Kier alpha value is -1.98. The van der Waals surface area contributed by atoms with Crippen molar-refractivity contribution in [1.82, 2.24) is 4.57 Å². The minimum Gasteiger partial charge on any atom is -0.464 e. The van der Waals surface area contributed by atoms with Crippen LogP contribution >= 0.6 is 0 Å². The molecule has 1 aromatic carbocycles. The summed E-state index contributed by atoms with van der Waals surface area (Å²) in [6.45, 7) is 0. The van der Waals surface area contributed by atoms with E-state index in [1.165, 1.54) is 36.9 Å². The molecule has 1 aromatic heterocycles. The molecule has 0 aliphatic heterocycles. The van der Waals surface area contributed by atoms with Crippen LogP contribution in [0.15, 0.2) is 24.3 Å². The first-order valence-electron chi connectivity index (χ1n) is 5.10. The maximum absolute atomic E-state index is 12.8. The van der Waals surface area contributed by atoms with Gasteiger partial charge in [-0.15, -0.1) is 0 Å². The Morgan fingerprint density at radius 2 is 2.00 bits per heavy atom. The molecular formula is C12H10F3NO2. The van der Waals surface area contributed by atoms with Crippen molar-refractivity contribution in [3.05, 3.63) is 35.5 Å². The van der Waals surface area contributed by atoms with Crippen molar-refractivity contribution in [1.29, 1.82) is 0 Å². The van der Waals surface area contributed by atoms with Crippen molar-refractivity contribution >= 4 is 16.9 Å². The highest BCUT2D eigenvalue weighted by Gasteiger charge is 2.33. The standard InChI is InChI=1S/C12H10F3NO2/c1-16-9-5-3-4-8(12(13,14)15)7(9)6-10(16)11(17)18-2/h3-6H,1-2H3. The number of rotatable bonds is 1. The van der Waals surface area contributed by atoms with Crippen LogP contribution in [-0.2, 0) is 18.0 Å². The van der Waals surface area contributed by atoms with Crippen LogP contribution in [0.5, 0.6) is 0 Å². The molecule has 96 valence electrons. The number of ether oxygens (including phenoxy) is 1. The van der Waals surface area contributed by atoms with E-state index < -0.39 is 17.7 Å². The summed E-state index contributed by atoms with van der Waals surface area (Å²) >= 11 is 0. The molecule has 0 saturated carbocycles. The number of aromatic nitrogens is 1. The molecule has 6 heteroatoms. The summed E-state index contributed by atoms with van der Waals surface area (Å²) in [6, 6.07) is 5.02. The van der Waals surface area contributed by atoms with Crippen LogP contribution in [0.1, 0.15) is 16.1 Å². The average Bonchev–Trinajstić information content (AvgIpc) is 2.65. The monoisotopic (exact) mass is 257 g/mol. The van der Waals surface area contributed by atoms with Crippen LogP contribution in [0.25, 0.3) is 10.9 Å². The quantitative estimate of drug-likeness (QED) is 0.735. The van der Waals surface area contributed by atoms with Crippen molar-refractivity contribution in [2.45, 2.75) is 6.18 Å². The minimum atomic E-state index is -4.45. The second kappa shape index (κ2) is 4.04. The topological polar surface area (TPSA) is 31.2 Å². The Balaban J connectivity index is 2.76. The lowest BCUT2D eigenvalue weighted by Crippen LogP contribution is -2.06. The lowest BCUT2D eigenvalue weighted by atomic mass is 10.1. The molecule has 0 N–H and O–H groups in total. The molecule has 3 nitrogen and oxygen atoms in total. The van der Waals surface area contributed by atoms with Gasteiger partial charge < -0.3 is 9.30 Å². The van der Waals surface area contributed by atoms with E-state index in [0.29, 0.717) is 5.52 Å². The summed E-state index contributed by atoms with van der Waals surface area (Å²) in [5.41, 5.74) is -0.333. The third-order valence-corrected chi connectivity index (χ3v) is 2.79. The fourth-order valence-corrected chi connectivity index (χ4v) is 1.91. The first kappa shape index (κ1) is 12.5. The van der Waals surface area contributed by atoms with Crippen LogP contribution < -0.4 is 0 Å². The van der Waals surface area contributed by atoms with Gasteiger partial charge in [0.15, 0.2) is 0 Å². The van der Waals surface area contributed by atoms with E-state index in [4.69, 9.17) is 0 Å². The number of aryl methyl sites for hydroxylation is 1. The third-order valence-electron chi connectivity index (χ3n) is 2.79. The molecule has 0 aliphatic rings. The fraction of sp³-hybridized carbons (Fsp3) is 0.250. The van der Waals surface area contributed by atoms with E-state index in [0.717, 1.165) is 6.07 Å². The molecular weight excluding hydrogens is 247 g/mol. The van der Waals surface area contributed by atoms with Crippen LogP contribution in [0.2, 0.25) is 0 Å². The van der Waals surface area contributed by atoms with Gasteiger partial charge in [-0.2, -0.15) is 13.2 Å². The van der Waals surface area contributed by atoms with Gasteiger partial charge in [0.25, 0.3) is 0 Å². The summed E-state index contributed by atoms with van der Waals surface area (Å²) < 4.78 is 44.4. The van der Waals surface area contributed by atoms with E-state index in [9.17, 15) is 18.0 Å². The highest BCUT2D eigenvalue weighted by Crippen LogP contribution is 2.35. The summed E-state index contributed by atoms with van der Waals surface area (Å²) in [4.78, 5) is 11.4. The normalized spacial score (nSPS) is 11.8. The van der Waals surface area contributed by atoms with Crippen molar-refractivity contribution in [3.63, 3.8) is 0 Å². The van der Waals surface area contributed by atoms with E-state index in [1.807, 2.05) is 0 Å². The molecule has 0 unspecified atom stereocenters. The second-order valence-corrected chi connectivity index (χ2v) is 3.82. The van der Waals surface area contributed by atoms with Gasteiger partial charge in [0.05, 0.1) is 12.7 Å². The molecule has 0 aliphatic carbocycles. The fourth-order valence-electron chi connectivity index (χ4n) is 1.91. The van der Waals surface area contributed by atoms with E-state index in [1.54, 1.807) is 0 Å². The van der Waals surface area contributed by atoms with Gasteiger partial charge in [-0.3, -0.25) is 0 Å². The van der Waals surface area contributed by atoms with Gasteiger partial charge >= 0.3 is 12.1 Å². The SMILES string of the molecule is COC(=O)c1cc2c(C(F)(F)F)cccc2n1C. The molecule has 0 radical (unpaired) electrons. The summed E-state index contributed by atoms with van der Waals surface area (Å²) in [5.74, 6) is -0.665. The van der Waals surface area contributed by atoms with Crippen LogP contribution in [0.3, 0.4) is 0 Å². The molecule has 0 bridgehead atoms. The van der Waals surface area contributed by atoms with Gasteiger partial charge in [-0.05, 0) is 18.2 Å². The molecule has 18 heavy (non-hydrogen) atoms. The summed E-state index contributed by atoms with van der Waals surface area (Å²) in [7, 11) is 2.71. The van der Waals surface area contributed by atoms with Crippen LogP contribution in [0.4, 0.5) is 13.2 Å². The number of hydrogen-bond donors (Lipinski definition) is 0. The second-order valence-electron chi connectivity index (χ2n) is 3.82. The lowest BCUT2D eigenvalue weighted by Gasteiger charge is -2.07. The average molecular weight is 257 g/mol. The Kier molecular flexibility index (Phi) is 2.80. The Labute approximate surface area is 101 Å². The van der Waals surface area contributed by atoms with E-state index in [-0.39, 0.29) is 11.1 Å². The highest BCUT2D eigenvalue weighted by molar-refractivity contribution is 5.96. The number of benzene rings is 1. The van der Waals surface area contributed by atoms with Crippen LogP contribution in [0, 0.1) is 0 Å². The number of nitrogens with zero attached hydrogens (tertiary/aromatic N) is 1. The Bertz CT molecular complexity index is 614. The van der Waals surface area contributed by atoms with Gasteiger partial charge in [-0.1, -0.05) is 6.07 Å². The van der Waals surface area contributed by atoms with Crippen molar-refractivity contribution in [3.8, 4) is 0 Å². The lowest BCUT2D eigenvalue weighted by molar-refractivity contribution is -0.136. The molecule has 2 aromatic rings. The number of esters is 1. The summed E-state index contributed by atoms with van der Waals surface area (Å²) in [5, 5.41) is -0.00657. The zero-order valence-corrected chi connectivity index (χ0v) is 9.71. The molecule has 2 rings (SSSR count). The Morgan fingerprint density at radius 3 is 2.56 bits per heavy atom. The first-order valence-corrected chi connectivity index (χ1v) is 5.10. The summed E-state index contributed by atoms with van der Waals surface area (Å²) in [6.07, 6.45) is -4.45. The maximum atomic E-state index is 12.8. The molecule has 0 atom stereocenters. The first-order chi connectivity index (χ1) is 8.36. The maximum Gasteiger partial charge on any atom is 0.417 e. The zero-order chi connectivity index (χ0) is 13.5. The molecule has 0 fully saturated rings. The number of alkyl halides is 3. The number of carbonyl (C=O) groups excluding carboxylic acids is 1. The largest absolute Gasteiger partial charge is 0.464 e. The van der Waals surface area contributed by atoms with Crippen molar-refractivity contribution in [2.24, 2.45) is 7.05 Å².